The molecule has 0 radical (unpaired) electrons. The molecule has 0 N–H and O–H groups in total. The largest absolute Gasteiger partial charge is 0.224 e. The second-order valence-electron chi connectivity index (χ2n) is 5.26. The van der Waals surface area contributed by atoms with E-state index in [-0.39, 0.29) is 5.75 Å². The van der Waals surface area contributed by atoms with Gasteiger partial charge < -0.3 is 0 Å². The third-order valence-corrected chi connectivity index (χ3v) is 5.08. The summed E-state index contributed by atoms with van der Waals surface area (Å²) in [6.45, 7) is 3.62. The fraction of sp³-hybridized carbons (Fsp3) is 0.238. The number of sulfone groups is 1. The lowest BCUT2D eigenvalue weighted by Crippen LogP contribution is -2.06. The molecule has 0 aliphatic carbocycles. The molecule has 0 saturated carbocycles. The van der Waals surface area contributed by atoms with Gasteiger partial charge in [0.25, 0.3) is 0 Å². The highest BCUT2D eigenvalue weighted by Crippen LogP contribution is 2.11. The van der Waals surface area contributed by atoms with Crippen LogP contribution in [0.2, 0.25) is 0 Å². The van der Waals surface area contributed by atoms with Gasteiger partial charge in [-0.2, -0.15) is 0 Å². The lowest BCUT2D eigenvalue weighted by Gasteiger charge is -2.02. The van der Waals surface area contributed by atoms with Crippen molar-refractivity contribution in [2.24, 2.45) is 0 Å². The third-order valence-electron chi connectivity index (χ3n) is 3.26. The second kappa shape index (κ2) is 12.3. The summed E-state index contributed by atoms with van der Waals surface area (Å²) in [5.41, 5.74) is 0. The van der Waals surface area contributed by atoms with Crippen molar-refractivity contribution in [1.29, 1.82) is 0 Å². The minimum atomic E-state index is -3.15. The first-order valence-corrected chi connectivity index (χ1v) is 9.86. The van der Waals surface area contributed by atoms with Crippen LogP contribution in [0, 0.1) is 0 Å². The fourth-order valence-electron chi connectivity index (χ4n) is 2.00. The highest BCUT2D eigenvalue weighted by Gasteiger charge is 2.12. The molecule has 2 nitrogen and oxygen atoms in total. The van der Waals surface area contributed by atoms with Gasteiger partial charge in [0.15, 0.2) is 9.84 Å². The predicted octanol–water partition coefficient (Wildman–Crippen LogP) is 5.43. The topological polar surface area (TPSA) is 34.1 Å². The van der Waals surface area contributed by atoms with Gasteiger partial charge in [-0.3, -0.25) is 0 Å². The number of benzene rings is 1. The first-order valence-electron chi connectivity index (χ1n) is 8.20. The average Bonchev–Trinajstić information content (AvgIpc) is 2.60. The van der Waals surface area contributed by atoms with E-state index in [2.05, 4.69) is 18.7 Å². The molecule has 0 aromatic heterocycles. The van der Waals surface area contributed by atoms with E-state index in [1.54, 1.807) is 30.3 Å². The van der Waals surface area contributed by atoms with Crippen molar-refractivity contribution in [1.82, 2.24) is 0 Å². The first-order chi connectivity index (χ1) is 11.7. The Morgan fingerprint density at radius 1 is 0.792 bits per heavy atom. The maximum atomic E-state index is 12.1. The van der Waals surface area contributed by atoms with E-state index in [0.717, 1.165) is 19.3 Å². The van der Waals surface area contributed by atoms with Crippen molar-refractivity contribution >= 4 is 9.84 Å². The van der Waals surface area contributed by atoms with Gasteiger partial charge in [0.2, 0.25) is 0 Å². The molecular formula is C21H26O2S. The Morgan fingerprint density at radius 2 is 1.38 bits per heavy atom. The molecule has 0 saturated heterocycles. The summed E-state index contributed by atoms with van der Waals surface area (Å²) < 4.78 is 24.2. The number of allylic oxidation sites excluding steroid dienone is 9. The lowest BCUT2D eigenvalue weighted by molar-refractivity contribution is 0.593. The van der Waals surface area contributed by atoms with Crippen LogP contribution in [0.5, 0.6) is 0 Å². The lowest BCUT2D eigenvalue weighted by atomic mass is 10.2. The Hall–Kier alpha value is -2.13. The first kappa shape index (κ1) is 19.9. The number of hydrogen-bond donors (Lipinski definition) is 0. The smallest absolute Gasteiger partial charge is 0.178 e. The molecule has 0 atom stereocenters. The standard InChI is InChI=1S/C21H26O2S/c1-2-3-4-5-6-7-8-9-10-11-12-13-17-20-24(22,23)21-18-15-14-16-19-21/h2-4,7-12,14-16,18-19H,1,5-6,13,17,20H2/b4-3+,8-7+,10-9+,12-11+. The average molecular weight is 343 g/mol. The van der Waals surface area contributed by atoms with Crippen LogP contribution in [0.1, 0.15) is 25.7 Å². The Labute approximate surface area is 146 Å². The predicted molar refractivity (Wildman–Crippen MR) is 104 cm³/mol. The van der Waals surface area contributed by atoms with E-state index in [4.69, 9.17) is 0 Å². The van der Waals surface area contributed by atoms with Crippen molar-refractivity contribution in [3.8, 4) is 0 Å². The van der Waals surface area contributed by atoms with E-state index in [9.17, 15) is 8.42 Å². The van der Waals surface area contributed by atoms with E-state index < -0.39 is 9.84 Å². The Morgan fingerprint density at radius 3 is 2.00 bits per heavy atom. The summed E-state index contributed by atoms with van der Waals surface area (Å²) in [6.07, 6.45) is 21.3. The molecule has 0 fully saturated rings. The molecule has 0 aliphatic heterocycles. The molecule has 0 unspecified atom stereocenters. The van der Waals surface area contributed by atoms with Crippen molar-refractivity contribution in [2.75, 3.05) is 5.75 Å². The molecule has 0 heterocycles. The van der Waals surface area contributed by atoms with Crippen molar-refractivity contribution in [3.63, 3.8) is 0 Å². The molecule has 0 aliphatic rings. The van der Waals surface area contributed by atoms with Crippen LogP contribution >= 0.6 is 0 Å². The summed E-state index contributed by atoms with van der Waals surface area (Å²) in [7, 11) is -3.15. The molecule has 128 valence electrons. The minimum absolute atomic E-state index is 0.184. The normalized spacial score (nSPS) is 12.8. The van der Waals surface area contributed by atoms with Gasteiger partial charge in [-0.25, -0.2) is 8.42 Å². The van der Waals surface area contributed by atoms with Crippen LogP contribution < -0.4 is 0 Å². The summed E-state index contributed by atoms with van der Waals surface area (Å²) in [4.78, 5) is 0.405. The second-order valence-corrected chi connectivity index (χ2v) is 7.37. The van der Waals surface area contributed by atoms with Crippen molar-refractivity contribution in [2.45, 2.75) is 30.6 Å². The SMILES string of the molecule is C=C/C=C/CC/C=C/C=C/C=C/CCCS(=O)(=O)c1ccccc1. The van der Waals surface area contributed by atoms with Crippen LogP contribution in [-0.4, -0.2) is 14.2 Å². The monoisotopic (exact) mass is 342 g/mol. The summed E-state index contributed by atoms with van der Waals surface area (Å²) in [6, 6.07) is 8.61. The van der Waals surface area contributed by atoms with Gasteiger partial charge in [-0.15, -0.1) is 0 Å². The van der Waals surface area contributed by atoms with E-state index in [1.807, 2.05) is 42.5 Å². The number of hydrogen-bond acceptors (Lipinski definition) is 2. The highest BCUT2D eigenvalue weighted by molar-refractivity contribution is 7.91. The third kappa shape index (κ3) is 9.11. The van der Waals surface area contributed by atoms with Crippen LogP contribution in [0.4, 0.5) is 0 Å². The van der Waals surface area contributed by atoms with Crippen molar-refractivity contribution < 1.29 is 8.42 Å². The molecule has 1 aromatic carbocycles. The molecule has 24 heavy (non-hydrogen) atoms. The fourth-order valence-corrected chi connectivity index (χ4v) is 3.35. The molecular weight excluding hydrogens is 316 g/mol. The zero-order valence-electron chi connectivity index (χ0n) is 14.1. The van der Waals surface area contributed by atoms with Gasteiger partial charge >= 0.3 is 0 Å². The van der Waals surface area contributed by atoms with Gasteiger partial charge in [-0.1, -0.05) is 79.5 Å². The molecule has 1 aromatic rings. The molecule has 0 spiro atoms. The zero-order valence-corrected chi connectivity index (χ0v) is 14.9. The van der Waals surface area contributed by atoms with Crippen LogP contribution in [0.3, 0.4) is 0 Å². The zero-order chi connectivity index (χ0) is 17.5. The Bertz CT molecular complexity index is 678. The van der Waals surface area contributed by atoms with Gasteiger partial charge in [-0.05, 0) is 37.8 Å². The maximum absolute atomic E-state index is 12.1. The van der Waals surface area contributed by atoms with Crippen LogP contribution in [0.25, 0.3) is 0 Å². The molecule has 1 rings (SSSR count). The van der Waals surface area contributed by atoms with Gasteiger partial charge in [0.05, 0.1) is 10.6 Å². The Balaban J connectivity index is 2.19. The summed E-state index contributed by atoms with van der Waals surface area (Å²) in [5, 5.41) is 0. The van der Waals surface area contributed by atoms with Crippen molar-refractivity contribution in [3.05, 3.63) is 91.6 Å². The highest BCUT2D eigenvalue weighted by atomic mass is 32.2. The van der Waals surface area contributed by atoms with E-state index >= 15 is 0 Å². The molecule has 3 heteroatoms. The molecule has 0 amide bonds. The van der Waals surface area contributed by atoms with E-state index in [0.29, 0.717) is 11.3 Å². The summed E-state index contributed by atoms with van der Waals surface area (Å²) in [5.74, 6) is 0.184. The van der Waals surface area contributed by atoms with Crippen LogP contribution in [0.15, 0.2) is 96.5 Å². The summed E-state index contributed by atoms with van der Waals surface area (Å²) >= 11 is 0. The van der Waals surface area contributed by atoms with Gasteiger partial charge in [0.1, 0.15) is 0 Å². The van der Waals surface area contributed by atoms with Crippen LogP contribution in [-0.2, 0) is 9.84 Å². The van der Waals surface area contributed by atoms with Gasteiger partial charge in [0, 0.05) is 0 Å². The Kier molecular flexibility index (Phi) is 10.2. The quantitative estimate of drug-likeness (QED) is 0.397. The maximum Gasteiger partial charge on any atom is 0.178 e. The number of rotatable bonds is 11. The minimum Gasteiger partial charge on any atom is -0.224 e. The van der Waals surface area contributed by atoms with E-state index in [1.165, 1.54) is 0 Å². The number of unbranched alkanes of at least 4 members (excludes halogenated alkanes) is 2. The molecule has 0 bridgehead atoms.